The Kier molecular flexibility index (Phi) is 2.73. The van der Waals surface area contributed by atoms with Crippen LogP contribution in [-0.4, -0.2) is 19.1 Å². The lowest BCUT2D eigenvalue weighted by Gasteiger charge is -2.36. The van der Waals surface area contributed by atoms with Gasteiger partial charge in [-0.25, -0.2) is 0 Å². The first-order valence-electron chi connectivity index (χ1n) is 5.37. The minimum Gasteiger partial charge on any atom is -0.367 e. The third-order valence-electron chi connectivity index (χ3n) is 3.03. The minimum atomic E-state index is 0.633. The number of nitrogens with zero attached hydrogens (tertiary/aromatic N) is 1. The lowest BCUT2D eigenvalue weighted by atomic mass is 9.97. The summed E-state index contributed by atoms with van der Waals surface area (Å²) in [5.41, 5.74) is 8.49. The number of rotatable bonds is 2. The molecule has 1 atom stereocenters. The summed E-state index contributed by atoms with van der Waals surface area (Å²) in [6, 6.07) is 9.30. The lowest BCUT2D eigenvalue weighted by molar-refractivity contribution is 0.565. The second-order valence-electron chi connectivity index (χ2n) is 4.00. The van der Waals surface area contributed by atoms with E-state index in [2.05, 4.69) is 36.1 Å². The van der Waals surface area contributed by atoms with E-state index >= 15 is 0 Å². The molecule has 14 heavy (non-hydrogen) atoms. The number of hydrogen-bond donors (Lipinski definition) is 1. The highest BCUT2D eigenvalue weighted by molar-refractivity contribution is 5.56. The molecule has 0 aromatic heterocycles. The molecule has 0 aliphatic carbocycles. The van der Waals surface area contributed by atoms with Gasteiger partial charge in [0.1, 0.15) is 0 Å². The van der Waals surface area contributed by atoms with Gasteiger partial charge in [0.15, 0.2) is 0 Å². The van der Waals surface area contributed by atoms with Gasteiger partial charge in [0.25, 0.3) is 0 Å². The Morgan fingerprint density at radius 2 is 2.21 bits per heavy atom. The van der Waals surface area contributed by atoms with Gasteiger partial charge in [-0.2, -0.15) is 0 Å². The van der Waals surface area contributed by atoms with Gasteiger partial charge in [-0.15, -0.1) is 0 Å². The van der Waals surface area contributed by atoms with Gasteiger partial charge < -0.3 is 10.6 Å². The van der Waals surface area contributed by atoms with Crippen molar-refractivity contribution in [3.05, 3.63) is 29.8 Å². The van der Waals surface area contributed by atoms with E-state index in [-0.39, 0.29) is 0 Å². The van der Waals surface area contributed by atoms with Crippen LogP contribution in [0.2, 0.25) is 0 Å². The van der Waals surface area contributed by atoms with Gasteiger partial charge in [-0.3, -0.25) is 0 Å². The Bertz CT molecular complexity index is 309. The molecule has 1 heterocycles. The summed E-state index contributed by atoms with van der Waals surface area (Å²) < 4.78 is 0. The summed E-state index contributed by atoms with van der Waals surface area (Å²) in [6.07, 6.45) is 2.45. The van der Waals surface area contributed by atoms with Crippen LogP contribution >= 0.6 is 0 Å². The first-order chi connectivity index (χ1) is 6.83. The zero-order chi connectivity index (χ0) is 9.97. The molecule has 2 N–H and O–H groups in total. The molecule has 2 nitrogen and oxygen atoms in total. The van der Waals surface area contributed by atoms with E-state index in [0.29, 0.717) is 6.04 Å². The van der Waals surface area contributed by atoms with E-state index < -0.39 is 0 Å². The summed E-state index contributed by atoms with van der Waals surface area (Å²) >= 11 is 0. The van der Waals surface area contributed by atoms with Gasteiger partial charge >= 0.3 is 0 Å². The average Bonchev–Trinajstić information content (AvgIpc) is 2.23. The number of fused-ring (bicyclic) bond motifs is 1. The molecule has 2 heteroatoms. The monoisotopic (exact) mass is 190 g/mol. The van der Waals surface area contributed by atoms with Crippen molar-refractivity contribution in [2.45, 2.75) is 25.8 Å². The molecule has 0 bridgehead atoms. The third-order valence-corrected chi connectivity index (χ3v) is 3.03. The van der Waals surface area contributed by atoms with Crippen molar-refractivity contribution >= 4 is 5.69 Å². The van der Waals surface area contributed by atoms with Crippen LogP contribution in [0.25, 0.3) is 0 Å². The van der Waals surface area contributed by atoms with Crippen molar-refractivity contribution in [2.75, 3.05) is 18.0 Å². The standard InChI is InChI=1S/C12H18N2/c1-10-6-7-11-4-2-3-5-12(11)14(10)9-8-13/h2-5,10H,6-9,13H2,1H3/t10-/m0/s1. The van der Waals surface area contributed by atoms with Crippen molar-refractivity contribution in [1.29, 1.82) is 0 Å². The van der Waals surface area contributed by atoms with Crippen molar-refractivity contribution in [3.63, 3.8) is 0 Å². The van der Waals surface area contributed by atoms with E-state index in [4.69, 9.17) is 5.73 Å². The average molecular weight is 190 g/mol. The maximum atomic E-state index is 5.64. The fourth-order valence-electron chi connectivity index (χ4n) is 2.24. The van der Waals surface area contributed by atoms with Crippen molar-refractivity contribution in [2.24, 2.45) is 5.73 Å². The molecule has 0 amide bonds. The molecule has 0 saturated heterocycles. The molecule has 1 aliphatic heterocycles. The molecule has 2 rings (SSSR count). The first kappa shape index (κ1) is 9.53. The van der Waals surface area contributed by atoms with Crippen molar-refractivity contribution in [3.8, 4) is 0 Å². The van der Waals surface area contributed by atoms with Crippen LogP contribution in [0.5, 0.6) is 0 Å². The van der Waals surface area contributed by atoms with Crippen LogP contribution in [0.3, 0.4) is 0 Å². The molecule has 1 aliphatic rings. The predicted octanol–water partition coefficient (Wildman–Crippen LogP) is 1.79. The molecule has 1 aromatic rings. The number of anilines is 1. The summed E-state index contributed by atoms with van der Waals surface area (Å²) in [7, 11) is 0. The first-order valence-corrected chi connectivity index (χ1v) is 5.37. The van der Waals surface area contributed by atoms with Crippen LogP contribution in [0.1, 0.15) is 18.9 Å². The Hall–Kier alpha value is -1.02. The number of hydrogen-bond acceptors (Lipinski definition) is 2. The molecule has 0 spiro atoms. The smallest absolute Gasteiger partial charge is 0.0401 e. The minimum absolute atomic E-state index is 0.633. The molecule has 76 valence electrons. The highest BCUT2D eigenvalue weighted by Crippen LogP contribution is 2.29. The Labute approximate surface area is 85.7 Å². The summed E-state index contributed by atoms with van der Waals surface area (Å²) in [6.45, 7) is 3.99. The number of benzene rings is 1. The maximum Gasteiger partial charge on any atom is 0.0401 e. The quantitative estimate of drug-likeness (QED) is 0.770. The van der Waals surface area contributed by atoms with Crippen LogP contribution < -0.4 is 10.6 Å². The van der Waals surface area contributed by atoms with Gasteiger partial charge in [0.2, 0.25) is 0 Å². The van der Waals surface area contributed by atoms with Crippen LogP contribution in [0.4, 0.5) is 5.69 Å². The fraction of sp³-hybridized carbons (Fsp3) is 0.500. The fourth-order valence-corrected chi connectivity index (χ4v) is 2.24. The SMILES string of the molecule is C[C@H]1CCc2ccccc2N1CCN. The molecular weight excluding hydrogens is 172 g/mol. The summed E-state index contributed by atoms with van der Waals surface area (Å²) in [5.74, 6) is 0. The Morgan fingerprint density at radius 1 is 1.43 bits per heavy atom. The summed E-state index contributed by atoms with van der Waals surface area (Å²) in [5, 5.41) is 0. The largest absolute Gasteiger partial charge is 0.367 e. The second-order valence-corrected chi connectivity index (χ2v) is 4.00. The van der Waals surface area contributed by atoms with E-state index in [0.717, 1.165) is 13.1 Å². The van der Waals surface area contributed by atoms with Gasteiger partial charge in [0, 0.05) is 24.8 Å². The molecule has 0 saturated carbocycles. The topological polar surface area (TPSA) is 29.3 Å². The molecule has 0 radical (unpaired) electrons. The molecular formula is C12H18N2. The van der Waals surface area contributed by atoms with E-state index in [1.807, 2.05) is 0 Å². The van der Waals surface area contributed by atoms with Crippen molar-refractivity contribution < 1.29 is 0 Å². The zero-order valence-electron chi connectivity index (χ0n) is 8.74. The molecule has 0 unspecified atom stereocenters. The lowest BCUT2D eigenvalue weighted by Crippen LogP contribution is -2.40. The van der Waals surface area contributed by atoms with E-state index in [1.54, 1.807) is 0 Å². The van der Waals surface area contributed by atoms with E-state index in [9.17, 15) is 0 Å². The zero-order valence-corrected chi connectivity index (χ0v) is 8.74. The Morgan fingerprint density at radius 3 is 3.00 bits per heavy atom. The van der Waals surface area contributed by atoms with Gasteiger partial charge in [-0.1, -0.05) is 18.2 Å². The third kappa shape index (κ3) is 1.62. The predicted molar refractivity (Wildman–Crippen MR) is 60.6 cm³/mol. The Balaban J connectivity index is 2.31. The normalized spacial score (nSPS) is 20.7. The van der Waals surface area contributed by atoms with Gasteiger partial charge in [-0.05, 0) is 31.4 Å². The van der Waals surface area contributed by atoms with Gasteiger partial charge in [0.05, 0.1) is 0 Å². The highest BCUT2D eigenvalue weighted by Gasteiger charge is 2.21. The summed E-state index contributed by atoms with van der Waals surface area (Å²) in [4.78, 5) is 2.43. The number of aryl methyl sites for hydroxylation is 1. The van der Waals surface area contributed by atoms with E-state index in [1.165, 1.54) is 24.1 Å². The number of para-hydroxylation sites is 1. The van der Waals surface area contributed by atoms with Crippen LogP contribution in [0.15, 0.2) is 24.3 Å². The molecule has 0 fully saturated rings. The molecule has 1 aromatic carbocycles. The van der Waals surface area contributed by atoms with Crippen LogP contribution in [0, 0.1) is 0 Å². The maximum absolute atomic E-state index is 5.64. The second kappa shape index (κ2) is 4.01. The van der Waals surface area contributed by atoms with Crippen molar-refractivity contribution in [1.82, 2.24) is 0 Å². The van der Waals surface area contributed by atoms with Crippen LogP contribution in [-0.2, 0) is 6.42 Å². The number of nitrogens with two attached hydrogens (primary N) is 1. The highest BCUT2D eigenvalue weighted by atomic mass is 15.2.